The molecule has 0 spiro atoms. The van der Waals surface area contributed by atoms with Crippen LogP contribution < -0.4 is 0 Å². The highest BCUT2D eigenvalue weighted by atomic mass is 16.4. The number of carboxylic acid groups (broad SMARTS) is 1. The molecule has 126 valence electrons. The molecule has 23 heavy (non-hydrogen) atoms. The predicted octanol–water partition coefficient (Wildman–Crippen LogP) is 5.99. The minimum atomic E-state index is -0.911. The molecule has 1 aliphatic rings. The molecule has 0 amide bonds. The molecule has 0 aromatic carbocycles. The topological polar surface area (TPSA) is 37.3 Å². The predicted molar refractivity (Wildman–Crippen MR) is 98.4 cm³/mol. The highest BCUT2D eigenvalue weighted by molar-refractivity contribution is 5.81. The minimum absolute atomic E-state index is 0.261. The number of hydrogen-bond acceptors (Lipinski definition) is 1. The molecule has 0 saturated carbocycles. The number of aliphatic carboxylic acids is 1. The van der Waals surface area contributed by atoms with Crippen LogP contribution in [0.4, 0.5) is 0 Å². The molecule has 0 fully saturated rings. The molecule has 0 atom stereocenters. The van der Waals surface area contributed by atoms with E-state index in [4.69, 9.17) is 5.11 Å². The van der Waals surface area contributed by atoms with Gasteiger partial charge < -0.3 is 5.11 Å². The molecule has 0 bridgehead atoms. The van der Waals surface area contributed by atoms with Crippen LogP contribution in [0.2, 0.25) is 0 Å². The van der Waals surface area contributed by atoms with Crippen LogP contribution >= 0.6 is 0 Å². The van der Waals surface area contributed by atoms with Crippen molar-refractivity contribution in [1.82, 2.24) is 0 Å². The molecule has 2 heteroatoms. The molecular formula is C21H30O2. The van der Waals surface area contributed by atoms with Crippen molar-refractivity contribution in [2.24, 2.45) is 5.41 Å². The summed E-state index contributed by atoms with van der Waals surface area (Å²) in [6, 6.07) is 0. The minimum Gasteiger partial charge on any atom is -0.478 e. The Labute approximate surface area is 141 Å². The maximum absolute atomic E-state index is 10.6. The van der Waals surface area contributed by atoms with Gasteiger partial charge in [0.2, 0.25) is 0 Å². The monoisotopic (exact) mass is 314 g/mol. The summed E-state index contributed by atoms with van der Waals surface area (Å²) in [6.45, 7) is 10.8. The van der Waals surface area contributed by atoms with Crippen LogP contribution in [0, 0.1) is 5.41 Å². The van der Waals surface area contributed by atoms with Gasteiger partial charge in [0.1, 0.15) is 0 Å². The lowest BCUT2D eigenvalue weighted by Crippen LogP contribution is -2.19. The van der Waals surface area contributed by atoms with Crippen molar-refractivity contribution < 1.29 is 9.90 Å². The van der Waals surface area contributed by atoms with Gasteiger partial charge in [-0.1, -0.05) is 62.3 Å². The Bertz CT molecular complexity index is 581. The van der Waals surface area contributed by atoms with Crippen molar-refractivity contribution in [3.05, 3.63) is 58.7 Å². The lowest BCUT2D eigenvalue weighted by atomic mass is 9.71. The third kappa shape index (κ3) is 6.43. The molecule has 2 nitrogen and oxygen atoms in total. The van der Waals surface area contributed by atoms with E-state index in [1.165, 1.54) is 30.9 Å². The van der Waals surface area contributed by atoms with Gasteiger partial charge in [0, 0.05) is 6.08 Å². The van der Waals surface area contributed by atoms with Gasteiger partial charge in [0.05, 0.1) is 0 Å². The van der Waals surface area contributed by atoms with E-state index in [-0.39, 0.29) is 5.41 Å². The number of carboxylic acids is 1. The Morgan fingerprint density at radius 2 is 1.91 bits per heavy atom. The second kappa shape index (κ2) is 8.71. The molecule has 0 aromatic heterocycles. The number of carbonyl (C=O) groups is 1. The molecule has 0 aliphatic heterocycles. The van der Waals surface area contributed by atoms with E-state index in [1.807, 2.05) is 18.2 Å². The number of rotatable bonds is 6. The maximum Gasteiger partial charge on any atom is 0.328 e. The normalized spacial score (nSPS) is 19.9. The largest absolute Gasteiger partial charge is 0.478 e. The van der Waals surface area contributed by atoms with Crippen LogP contribution in [0.25, 0.3) is 0 Å². The van der Waals surface area contributed by atoms with Crippen molar-refractivity contribution in [3.63, 3.8) is 0 Å². The SMILES string of the molecule is CCC1=C(C=CC(C)=C/C=C/C(C)=C/C(=O)O)C(C)(C)CCC1. The van der Waals surface area contributed by atoms with E-state index in [0.717, 1.165) is 17.6 Å². The fraction of sp³-hybridized carbons (Fsp3) is 0.476. The Balaban J connectivity index is 2.86. The fourth-order valence-electron chi connectivity index (χ4n) is 3.07. The summed E-state index contributed by atoms with van der Waals surface area (Å²) in [7, 11) is 0. The Kier molecular flexibility index (Phi) is 7.28. The summed E-state index contributed by atoms with van der Waals surface area (Å²) in [4.78, 5) is 10.6. The molecule has 1 N–H and O–H groups in total. The quantitative estimate of drug-likeness (QED) is 0.483. The third-order valence-corrected chi connectivity index (χ3v) is 4.40. The second-order valence-corrected chi connectivity index (χ2v) is 6.94. The highest BCUT2D eigenvalue weighted by Crippen LogP contribution is 2.41. The zero-order valence-electron chi connectivity index (χ0n) is 15.1. The second-order valence-electron chi connectivity index (χ2n) is 6.94. The fourth-order valence-corrected chi connectivity index (χ4v) is 3.07. The van der Waals surface area contributed by atoms with Crippen molar-refractivity contribution in [3.8, 4) is 0 Å². The summed E-state index contributed by atoms with van der Waals surface area (Å²) in [5, 5.41) is 8.68. The first kappa shape index (κ1) is 19.2. The molecule has 1 aliphatic carbocycles. The van der Waals surface area contributed by atoms with E-state index < -0.39 is 5.97 Å². The lowest BCUT2D eigenvalue weighted by Gasteiger charge is -2.33. The van der Waals surface area contributed by atoms with Crippen molar-refractivity contribution >= 4 is 5.97 Å². The first-order chi connectivity index (χ1) is 10.8. The van der Waals surface area contributed by atoms with E-state index in [2.05, 4.69) is 39.8 Å². The van der Waals surface area contributed by atoms with Gasteiger partial charge in [-0.3, -0.25) is 0 Å². The summed E-state index contributed by atoms with van der Waals surface area (Å²) in [5.41, 5.74) is 5.23. The van der Waals surface area contributed by atoms with Crippen LogP contribution in [-0.2, 0) is 4.79 Å². The smallest absolute Gasteiger partial charge is 0.328 e. The highest BCUT2D eigenvalue weighted by Gasteiger charge is 2.27. The summed E-state index contributed by atoms with van der Waals surface area (Å²) in [5.74, 6) is -0.911. The van der Waals surface area contributed by atoms with Gasteiger partial charge in [-0.15, -0.1) is 0 Å². The molecule has 1 rings (SSSR count). The third-order valence-electron chi connectivity index (χ3n) is 4.40. The van der Waals surface area contributed by atoms with E-state index in [1.54, 1.807) is 12.5 Å². The van der Waals surface area contributed by atoms with E-state index in [9.17, 15) is 4.79 Å². The summed E-state index contributed by atoms with van der Waals surface area (Å²) < 4.78 is 0. The first-order valence-electron chi connectivity index (χ1n) is 8.43. The Hall–Kier alpha value is -1.83. The van der Waals surface area contributed by atoms with E-state index in [0.29, 0.717) is 0 Å². The maximum atomic E-state index is 10.6. The van der Waals surface area contributed by atoms with Gasteiger partial charge in [-0.2, -0.15) is 0 Å². The molecular weight excluding hydrogens is 284 g/mol. The molecule has 0 saturated heterocycles. The lowest BCUT2D eigenvalue weighted by molar-refractivity contribution is -0.131. The van der Waals surface area contributed by atoms with Crippen LogP contribution in [0.5, 0.6) is 0 Å². The van der Waals surface area contributed by atoms with Gasteiger partial charge in [0.25, 0.3) is 0 Å². The zero-order valence-corrected chi connectivity index (χ0v) is 15.1. The Morgan fingerprint density at radius 3 is 2.52 bits per heavy atom. The number of hydrogen-bond donors (Lipinski definition) is 1. The average molecular weight is 314 g/mol. The van der Waals surface area contributed by atoms with Crippen LogP contribution in [0.1, 0.15) is 60.3 Å². The standard InChI is InChI=1S/C21H30O2/c1-6-18-11-8-14-21(4,5)19(18)13-12-16(2)9-7-10-17(3)15-20(22)23/h7,9-10,12-13,15H,6,8,11,14H2,1-5H3,(H,22,23)/b10-7+,13-12?,16-9?,17-15+. The van der Waals surface area contributed by atoms with E-state index >= 15 is 0 Å². The number of allylic oxidation sites excluding steroid dienone is 9. The molecule has 0 radical (unpaired) electrons. The van der Waals surface area contributed by atoms with Gasteiger partial charge in [-0.25, -0.2) is 4.79 Å². The molecule has 0 heterocycles. The average Bonchev–Trinajstić information content (AvgIpc) is 2.44. The van der Waals surface area contributed by atoms with Crippen molar-refractivity contribution in [2.45, 2.75) is 60.3 Å². The zero-order chi connectivity index (χ0) is 17.5. The van der Waals surface area contributed by atoms with Crippen molar-refractivity contribution in [1.29, 1.82) is 0 Å². The van der Waals surface area contributed by atoms with Crippen molar-refractivity contribution in [2.75, 3.05) is 0 Å². The molecule has 0 aromatic rings. The van der Waals surface area contributed by atoms with Gasteiger partial charge in [0.15, 0.2) is 0 Å². The summed E-state index contributed by atoms with van der Waals surface area (Å²) >= 11 is 0. The summed E-state index contributed by atoms with van der Waals surface area (Å²) in [6.07, 6.45) is 16.3. The van der Waals surface area contributed by atoms with Gasteiger partial charge >= 0.3 is 5.97 Å². The van der Waals surface area contributed by atoms with Gasteiger partial charge in [-0.05, 0) is 56.1 Å². The first-order valence-corrected chi connectivity index (χ1v) is 8.43. The molecule has 0 unspecified atom stereocenters. The van der Waals surface area contributed by atoms with Crippen LogP contribution in [0.3, 0.4) is 0 Å². The Morgan fingerprint density at radius 1 is 1.22 bits per heavy atom. The van der Waals surface area contributed by atoms with Crippen LogP contribution in [0.15, 0.2) is 58.7 Å². The van der Waals surface area contributed by atoms with Crippen LogP contribution in [-0.4, -0.2) is 11.1 Å².